The van der Waals surface area contributed by atoms with Crippen LogP contribution in [0, 0.1) is 0 Å². The van der Waals surface area contributed by atoms with Crippen molar-refractivity contribution in [2.75, 3.05) is 6.54 Å². The third kappa shape index (κ3) is 2.01. The molecule has 1 aromatic rings. The van der Waals surface area contributed by atoms with Crippen molar-refractivity contribution in [3.8, 4) is 0 Å². The summed E-state index contributed by atoms with van der Waals surface area (Å²) in [5.74, 6) is 0. The molecule has 1 aliphatic rings. The lowest BCUT2D eigenvalue weighted by atomic mass is 9.93. The maximum absolute atomic E-state index is 3.60. The maximum Gasteiger partial charge on any atom is 0.0194 e. The van der Waals surface area contributed by atoms with Gasteiger partial charge in [-0.15, -0.1) is 0 Å². The largest absolute Gasteiger partial charge is 0.354 e. The van der Waals surface area contributed by atoms with Crippen molar-refractivity contribution < 1.29 is 0 Å². The van der Waals surface area contributed by atoms with Crippen LogP contribution in [0.3, 0.4) is 0 Å². The monoisotopic (exact) mass is 192 g/mol. The molecule has 1 atom stereocenters. The summed E-state index contributed by atoms with van der Waals surface area (Å²) in [6.45, 7) is 6.78. The summed E-state index contributed by atoms with van der Waals surface area (Å²) >= 11 is 0. The SMILES string of the molecule is CCn1ccc(CC2(C)CCCN2)c1. The second kappa shape index (κ2) is 3.77. The van der Waals surface area contributed by atoms with E-state index in [0.29, 0.717) is 5.54 Å². The van der Waals surface area contributed by atoms with Crippen molar-refractivity contribution in [2.45, 2.75) is 45.2 Å². The minimum absolute atomic E-state index is 0.347. The Balaban J connectivity index is 2.02. The molecule has 1 unspecified atom stereocenters. The van der Waals surface area contributed by atoms with Gasteiger partial charge in [0.2, 0.25) is 0 Å². The van der Waals surface area contributed by atoms with Crippen LogP contribution in [0.25, 0.3) is 0 Å². The molecule has 1 saturated heterocycles. The lowest BCUT2D eigenvalue weighted by molar-refractivity contribution is 0.412. The fourth-order valence-corrected chi connectivity index (χ4v) is 2.35. The van der Waals surface area contributed by atoms with Crippen molar-refractivity contribution >= 4 is 0 Å². The molecule has 2 heterocycles. The molecule has 2 nitrogen and oxygen atoms in total. The van der Waals surface area contributed by atoms with Crippen molar-refractivity contribution in [3.05, 3.63) is 24.0 Å². The topological polar surface area (TPSA) is 17.0 Å². The molecule has 1 aromatic heterocycles. The first-order valence-corrected chi connectivity index (χ1v) is 5.61. The van der Waals surface area contributed by atoms with Gasteiger partial charge in [0.05, 0.1) is 0 Å². The highest BCUT2D eigenvalue weighted by molar-refractivity contribution is 5.15. The third-order valence-electron chi connectivity index (χ3n) is 3.23. The maximum atomic E-state index is 3.60. The van der Waals surface area contributed by atoms with Gasteiger partial charge in [-0.05, 0) is 51.3 Å². The van der Waals surface area contributed by atoms with Crippen molar-refractivity contribution in [2.24, 2.45) is 0 Å². The number of rotatable bonds is 3. The number of hydrogen-bond donors (Lipinski definition) is 1. The zero-order valence-corrected chi connectivity index (χ0v) is 9.21. The van der Waals surface area contributed by atoms with Gasteiger partial charge in [-0.2, -0.15) is 0 Å². The van der Waals surface area contributed by atoms with Crippen LogP contribution in [0.5, 0.6) is 0 Å². The highest BCUT2D eigenvalue weighted by atomic mass is 15.0. The molecular formula is C12H20N2. The Hall–Kier alpha value is -0.760. The molecule has 0 amide bonds. The molecule has 0 aliphatic carbocycles. The zero-order valence-electron chi connectivity index (χ0n) is 9.21. The quantitative estimate of drug-likeness (QED) is 0.777. The predicted molar refractivity (Wildman–Crippen MR) is 59.5 cm³/mol. The Morgan fingerprint density at radius 3 is 3.00 bits per heavy atom. The second-order valence-electron chi connectivity index (χ2n) is 4.62. The highest BCUT2D eigenvalue weighted by Crippen LogP contribution is 2.23. The van der Waals surface area contributed by atoms with Crippen LogP contribution >= 0.6 is 0 Å². The van der Waals surface area contributed by atoms with E-state index in [1.54, 1.807) is 0 Å². The average Bonchev–Trinajstić information content (AvgIpc) is 2.75. The molecule has 2 heteroatoms. The van der Waals surface area contributed by atoms with Gasteiger partial charge in [-0.25, -0.2) is 0 Å². The normalized spacial score (nSPS) is 27.0. The molecular weight excluding hydrogens is 172 g/mol. The Labute approximate surface area is 86.3 Å². The number of nitrogens with one attached hydrogen (secondary N) is 1. The summed E-state index contributed by atoms with van der Waals surface area (Å²) in [6.07, 6.45) is 8.24. The zero-order chi connectivity index (χ0) is 10.0. The van der Waals surface area contributed by atoms with Crippen LogP contribution < -0.4 is 5.32 Å². The number of aryl methyl sites for hydroxylation is 1. The smallest absolute Gasteiger partial charge is 0.0194 e. The van der Waals surface area contributed by atoms with Gasteiger partial charge in [0.25, 0.3) is 0 Å². The number of hydrogen-bond acceptors (Lipinski definition) is 1. The summed E-state index contributed by atoms with van der Waals surface area (Å²) < 4.78 is 2.24. The minimum atomic E-state index is 0.347. The van der Waals surface area contributed by atoms with E-state index in [2.05, 4.69) is 42.2 Å². The molecule has 14 heavy (non-hydrogen) atoms. The molecule has 78 valence electrons. The van der Waals surface area contributed by atoms with Crippen LogP contribution in [-0.4, -0.2) is 16.7 Å². The molecule has 0 aromatic carbocycles. The molecule has 0 saturated carbocycles. The predicted octanol–water partition coefficient (Wildman–Crippen LogP) is 2.19. The van der Waals surface area contributed by atoms with Crippen LogP contribution in [-0.2, 0) is 13.0 Å². The summed E-state index contributed by atoms with van der Waals surface area (Å²) in [4.78, 5) is 0. The van der Waals surface area contributed by atoms with E-state index in [4.69, 9.17) is 0 Å². The lowest BCUT2D eigenvalue weighted by Gasteiger charge is -2.23. The van der Waals surface area contributed by atoms with Crippen molar-refractivity contribution in [1.82, 2.24) is 9.88 Å². The standard InChI is InChI=1S/C12H20N2/c1-3-14-8-5-11(10-14)9-12(2)6-4-7-13-12/h5,8,10,13H,3-4,6-7,9H2,1-2H3. The van der Waals surface area contributed by atoms with Gasteiger partial charge in [0.1, 0.15) is 0 Å². The fraction of sp³-hybridized carbons (Fsp3) is 0.667. The first-order chi connectivity index (χ1) is 6.72. The summed E-state index contributed by atoms with van der Waals surface area (Å²) in [5.41, 5.74) is 1.81. The summed E-state index contributed by atoms with van der Waals surface area (Å²) in [6, 6.07) is 2.24. The molecule has 2 rings (SSSR count). The van der Waals surface area contributed by atoms with Gasteiger partial charge in [-0.1, -0.05) is 0 Å². The molecule has 1 aliphatic heterocycles. The number of nitrogens with zero attached hydrogens (tertiary/aromatic N) is 1. The summed E-state index contributed by atoms with van der Waals surface area (Å²) in [7, 11) is 0. The second-order valence-corrected chi connectivity index (χ2v) is 4.62. The first kappa shape index (κ1) is 9.78. The van der Waals surface area contributed by atoms with E-state index >= 15 is 0 Å². The van der Waals surface area contributed by atoms with E-state index in [1.807, 2.05) is 0 Å². The molecule has 0 bridgehead atoms. The van der Waals surface area contributed by atoms with Gasteiger partial charge in [-0.3, -0.25) is 0 Å². The first-order valence-electron chi connectivity index (χ1n) is 5.61. The Bertz CT molecular complexity index is 295. The van der Waals surface area contributed by atoms with Crippen LogP contribution in [0.2, 0.25) is 0 Å². The van der Waals surface area contributed by atoms with Gasteiger partial charge < -0.3 is 9.88 Å². The van der Waals surface area contributed by atoms with Crippen LogP contribution in [0.15, 0.2) is 18.5 Å². The Kier molecular flexibility index (Phi) is 2.64. The molecule has 0 radical (unpaired) electrons. The Morgan fingerprint density at radius 1 is 1.57 bits per heavy atom. The average molecular weight is 192 g/mol. The Morgan fingerprint density at radius 2 is 2.43 bits per heavy atom. The molecule has 0 spiro atoms. The van der Waals surface area contributed by atoms with Gasteiger partial charge in [0, 0.05) is 24.5 Å². The van der Waals surface area contributed by atoms with E-state index in [1.165, 1.54) is 31.4 Å². The molecule has 1 fully saturated rings. The fourth-order valence-electron chi connectivity index (χ4n) is 2.35. The van der Waals surface area contributed by atoms with E-state index in [9.17, 15) is 0 Å². The van der Waals surface area contributed by atoms with Gasteiger partial charge >= 0.3 is 0 Å². The third-order valence-corrected chi connectivity index (χ3v) is 3.23. The minimum Gasteiger partial charge on any atom is -0.354 e. The van der Waals surface area contributed by atoms with Crippen LogP contribution in [0.1, 0.15) is 32.3 Å². The molecule has 1 N–H and O–H groups in total. The summed E-state index contributed by atoms with van der Waals surface area (Å²) in [5, 5.41) is 3.60. The van der Waals surface area contributed by atoms with Crippen molar-refractivity contribution in [1.29, 1.82) is 0 Å². The van der Waals surface area contributed by atoms with E-state index in [0.717, 1.165) is 6.54 Å². The van der Waals surface area contributed by atoms with E-state index in [-0.39, 0.29) is 0 Å². The van der Waals surface area contributed by atoms with Gasteiger partial charge in [0.15, 0.2) is 0 Å². The lowest BCUT2D eigenvalue weighted by Crippen LogP contribution is -2.38. The van der Waals surface area contributed by atoms with E-state index < -0.39 is 0 Å². The number of aromatic nitrogens is 1. The highest BCUT2D eigenvalue weighted by Gasteiger charge is 2.28. The van der Waals surface area contributed by atoms with Crippen LogP contribution in [0.4, 0.5) is 0 Å². The van der Waals surface area contributed by atoms with Crippen molar-refractivity contribution in [3.63, 3.8) is 0 Å².